The van der Waals surface area contributed by atoms with Gasteiger partial charge in [-0.3, -0.25) is 9.59 Å². The maximum Gasteiger partial charge on any atom is 0.267 e. The van der Waals surface area contributed by atoms with Gasteiger partial charge in [0.1, 0.15) is 18.1 Å². The van der Waals surface area contributed by atoms with E-state index in [1.807, 2.05) is 37.3 Å². The number of amides is 1. The van der Waals surface area contributed by atoms with Crippen molar-refractivity contribution < 1.29 is 13.9 Å². The third-order valence-electron chi connectivity index (χ3n) is 4.73. The van der Waals surface area contributed by atoms with E-state index >= 15 is 0 Å². The zero-order chi connectivity index (χ0) is 21.5. The Bertz CT molecular complexity index is 1070. The number of aryl methyl sites for hydroxylation is 1. The van der Waals surface area contributed by atoms with Crippen LogP contribution in [0, 0.1) is 5.82 Å². The molecule has 1 atom stereocenters. The first-order valence-corrected chi connectivity index (χ1v) is 9.71. The van der Waals surface area contributed by atoms with E-state index in [4.69, 9.17) is 4.74 Å². The molecule has 0 saturated heterocycles. The molecule has 30 heavy (non-hydrogen) atoms. The molecule has 2 aromatic carbocycles. The Hall–Kier alpha value is -3.48. The lowest BCUT2D eigenvalue weighted by atomic mass is 10.1. The number of nitrogens with zero attached hydrogens (tertiary/aromatic N) is 2. The third kappa shape index (κ3) is 5.53. The fourth-order valence-electron chi connectivity index (χ4n) is 3.09. The summed E-state index contributed by atoms with van der Waals surface area (Å²) in [6, 6.07) is 17.0. The summed E-state index contributed by atoms with van der Waals surface area (Å²) >= 11 is 0. The van der Waals surface area contributed by atoms with Gasteiger partial charge in [-0.2, -0.15) is 5.10 Å². The van der Waals surface area contributed by atoms with Crippen molar-refractivity contribution >= 4 is 5.91 Å². The molecule has 1 aromatic heterocycles. The lowest BCUT2D eigenvalue weighted by molar-refractivity contribution is -0.122. The van der Waals surface area contributed by atoms with Gasteiger partial charge in [-0.1, -0.05) is 30.3 Å². The number of methoxy groups -OCH3 is 1. The van der Waals surface area contributed by atoms with Gasteiger partial charge in [0.25, 0.3) is 5.56 Å². The zero-order valence-electron chi connectivity index (χ0n) is 17.0. The molecule has 0 aliphatic heterocycles. The van der Waals surface area contributed by atoms with Crippen LogP contribution in [0.3, 0.4) is 0 Å². The lowest BCUT2D eigenvalue weighted by Gasteiger charge is -2.14. The highest BCUT2D eigenvalue weighted by Gasteiger charge is 2.13. The van der Waals surface area contributed by atoms with Crippen LogP contribution in [-0.4, -0.2) is 28.8 Å². The molecule has 156 valence electrons. The average molecular weight is 409 g/mol. The van der Waals surface area contributed by atoms with Crippen molar-refractivity contribution in [2.75, 3.05) is 7.11 Å². The minimum Gasteiger partial charge on any atom is -0.497 e. The summed E-state index contributed by atoms with van der Waals surface area (Å²) in [4.78, 5) is 24.5. The number of aromatic nitrogens is 2. The number of ether oxygens (including phenoxy) is 1. The number of rotatable bonds is 8. The molecule has 1 heterocycles. The van der Waals surface area contributed by atoms with Crippen LogP contribution in [0.1, 0.15) is 18.9 Å². The molecular weight excluding hydrogens is 385 g/mol. The summed E-state index contributed by atoms with van der Waals surface area (Å²) in [5.41, 5.74) is 1.26. The van der Waals surface area contributed by atoms with Crippen LogP contribution < -0.4 is 15.6 Å². The Balaban J connectivity index is 1.65. The van der Waals surface area contributed by atoms with Crippen molar-refractivity contribution in [2.45, 2.75) is 32.4 Å². The fraction of sp³-hybridized carbons (Fsp3) is 0.261. The lowest BCUT2D eigenvalue weighted by Crippen LogP contribution is -2.38. The molecule has 1 N–H and O–H groups in total. The fourth-order valence-corrected chi connectivity index (χ4v) is 3.09. The highest BCUT2D eigenvalue weighted by Crippen LogP contribution is 2.23. The van der Waals surface area contributed by atoms with Gasteiger partial charge in [0.15, 0.2) is 0 Å². The molecule has 3 aromatic rings. The standard InChI is InChI=1S/C23H24FN3O3/c1-16(8-9-17-6-4-3-5-7-17)25-22(28)15-27-23(29)13-12-21(26-27)19-11-10-18(30-2)14-20(19)24/h3-7,10-14,16H,8-9,15H2,1-2H3,(H,25,28)/t16-/m0/s1. The summed E-state index contributed by atoms with van der Waals surface area (Å²) in [5, 5.41) is 7.04. The van der Waals surface area contributed by atoms with Crippen LogP contribution in [-0.2, 0) is 17.8 Å². The van der Waals surface area contributed by atoms with E-state index in [0.717, 1.165) is 17.5 Å². The van der Waals surface area contributed by atoms with Crippen molar-refractivity contribution in [3.05, 3.63) is 82.4 Å². The second-order valence-corrected chi connectivity index (χ2v) is 7.05. The molecule has 3 rings (SSSR count). The molecule has 0 spiro atoms. The Labute approximate surface area is 174 Å². The first-order valence-electron chi connectivity index (χ1n) is 9.71. The molecule has 7 heteroatoms. The Morgan fingerprint density at radius 1 is 1.17 bits per heavy atom. The van der Waals surface area contributed by atoms with Crippen LogP contribution in [0.2, 0.25) is 0 Å². The second kappa shape index (κ2) is 9.82. The van der Waals surface area contributed by atoms with Crippen LogP contribution in [0.4, 0.5) is 4.39 Å². The van der Waals surface area contributed by atoms with Gasteiger partial charge in [-0.05, 0) is 43.5 Å². The SMILES string of the molecule is COc1ccc(-c2ccc(=O)n(CC(=O)N[C@@H](C)CCc3ccccc3)n2)c(F)c1. The van der Waals surface area contributed by atoms with Gasteiger partial charge in [0, 0.05) is 23.7 Å². The molecule has 0 saturated carbocycles. The largest absolute Gasteiger partial charge is 0.497 e. The summed E-state index contributed by atoms with van der Waals surface area (Å²) in [6.45, 7) is 1.68. The van der Waals surface area contributed by atoms with Crippen molar-refractivity contribution in [1.82, 2.24) is 15.1 Å². The summed E-state index contributed by atoms with van der Waals surface area (Å²) in [6.07, 6.45) is 1.61. The van der Waals surface area contributed by atoms with E-state index in [0.29, 0.717) is 5.75 Å². The van der Waals surface area contributed by atoms with Crippen LogP contribution in [0.25, 0.3) is 11.3 Å². The van der Waals surface area contributed by atoms with E-state index in [1.165, 1.54) is 36.9 Å². The van der Waals surface area contributed by atoms with Crippen LogP contribution >= 0.6 is 0 Å². The number of nitrogens with one attached hydrogen (secondary N) is 1. The normalized spacial score (nSPS) is 11.7. The Kier molecular flexibility index (Phi) is 6.95. The van der Waals surface area contributed by atoms with Gasteiger partial charge in [0.05, 0.1) is 12.8 Å². The monoisotopic (exact) mass is 409 g/mol. The molecule has 0 aliphatic rings. The van der Waals surface area contributed by atoms with Gasteiger partial charge in [-0.15, -0.1) is 0 Å². The smallest absolute Gasteiger partial charge is 0.267 e. The van der Waals surface area contributed by atoms with Gasteiger partial charge in [-0.25, -0.2) is 9.07 Å². The Morgan fingerprint density at radius 2 is 1.93 bits per heavy atom. The minimum absolute atomic E-state index is 0.0596. The van der Waals surface area contributed by atoms with Crippen LogP contribution in [0.5, 0.6) is 5.75 Å². The van der Waals surface area contributed by atoms with Crippen molar-refractivity contribution in [3.8, 4) is 17.0 Å². The number of benzene rings is 2. The van der Waals surface area contributed by atoms with E-state index in [2.05, 4.69) is 10.4 Å². The average Bonchev–Trinajstić information content (AvgIpc) is 2.74. The van der Waals surface area contributed by atoms with Gasteiger partial charge >= 0.3 is 0 Å². The zero-order valence-corrected chi connectivity index (χ0v) is 17.0. The number of carbonyl (C=O) groups is 1. The topological polar surface area (TPSA) is 73.2 Å². The summed E-state index contributed by atoms with van der Waals surface area (Å²) < 4.78 is 20.4. The maximum absolute atomic E-state index is 14.3. The van der Waals surface area contributed by atoms with Crippen molar-refractivity contribution in [1.29, 1.82) is 0 Å². The molecular formula is C23H24FN3O3. The van der Waals surface area contributed by atoms with Crippen molar-refractivity contribution in [2.24, 2.45) is 0 Å². The van der Waals surface area contributed by atoms with E-state index < -0.39 is 11.4 Å². The second-order valence-electron chi connectivity index (χ2n) is 7.05. The summed E-state index contributed by atoms with van der Waals surface area (Å²) in [7, 11) is 1.45. The number of carbonyl (C=O) groups excluding carboxylic acids is 1. The van der Waals surface area contributed by atoms with E-state index in [-0.39, 0.29) is 29.8 Å². The summed E-state index contributed by atoms with van der Waals surface area (Å²) in [5.74, 6) is -0.461. The quantitative estimate of drug-likeness (QED) is 0.620. The van der Waals surface area contributed by atoms with E-state index in [1.54, 1.807) is 6.07 Å². The number of hydrogen-bond donors (Lipinski definition) is 1. The third-order valence-corrected chi connectivity index (χ3v) is 4.73. The minimum atomic E-state index is -0.522. The predicted octanol–water partition coefficient (Wildman–Crippen LogP) is 3.20. The molecule has 0 aliphatic carbocycles. The number of halogens is 1. The molecule has 0 bridgehead atoms. The van der Waals surface area contributed by atoms with Gasteiger partial charge in [0.2, 0.25) is 5.91 Å². The Morgan fingerprint density at radius 3 is 2.63 bits per heavy atom. The first-order chi connectivity index (χ1) is 14.5. The highest BCUT2D eigenvalue weighted by atomic mass is 19.1. The number of hydrogen-bond acceptors (Lipinski definition) is 4. The first kappa shape index (κ1) is 21.2. The predicted molar refractivity (Wildman–Crippen MR) is 113 cm³/mol. The molecule has 6 nitrogen and oxygen atoms in total. The molecule has 1 amide bonds. The maximum atomic E-state index is 14.3. The van der Waals surface area contributed by atoms with Gasteiger partial charge < -0.3 is 10.1 Å². The molecule has 0 unspecified atom stereocenters. The van der Waals surface area contributed by atoms with Crippen LogP contribution in [0.15, 0.2) is 65.5 Å². The van der Waals surface area contributed by atoms with Crippen molar-refractivity contribution in [3.63, 3.8) is 0 Å². The highest BCUT2D eigenvalue weighted by molar-refractivity contribution is 5.76. The molecule has 0 radical (unpaired) electrons. The van der Waals surface area contributed by atoms with E-state index in [9.17, 15) is 14.0 Å². The molecule has 0 fully saturated rings.